The molecule has 0 aliphatic carbocycles. The zero-order valence-electron chi connectivity index (χ0n) is 12.4. The summed E-state index contributed by atoms with van der Waals surface area (Å²) in [6, 6.07) is 4.01. The van der Waals surface area contributed by atoms with Crippen LogP contribution in [0.3, 0.4) is 0 Å². The van der Waals surface area contributed by atoms with Crippen molar-refractivity contribution in [3.8, 4) is 0 Å². The summed E-state index contributed by atoms with van der Waals surface area (Å²) >= 11 is 0. The van der Waals surface area contributed by atoms with Gasteiger partial charge in [0.05, 0.1) is 5.92 Å². The fourth-order valence-corrected chi connectivity index (χ4v) is 3.02. The number of carbonyl (C=O) groups is 1. The Balaban J connectivity index is 1.57. The van der Waals surface area contributed by atoms with E-state index in [-0.39, 0.29) is 30.0 Å². The fourth-order valence-electron chi connectivity index (χ4n) is 3.02. The van der Waals surface area contributed by atoms with Gasteiger partial charge in [0.1, 0.15) is 11.6 Å². The van der Waals surface area contributed by atoms with E-state index in [1.54, 1.807) is 0 Å². The lowest BCUT2D eigenvalue weighted by Gasteiger charge is -2.35. The summed E-state index contributed by atoms with van der Waals surface area (Å²) in [6.45, 7) is 3.16. The molecule has 0 spiro atoms. The Labute approximate surface area is 128 Å². The number of benzene rings is 1. The minimum atomic E-state index is -0.508. The molecule has 6 heteroatoms. The summed E-state index contributed by atoms with van der Waals surface area (Å²) in [6.07, 6.45) is 1.84. The van der Waals surface area contributed by atoms with E-state index in [9.17, 15) is 13.6 Å². The normalized spacial score (nSPS) is 23.1. The summed E-state index contributed by atoms with van der Waals surface area (Å²) in [4.78, 5) is 14.0. The molecule has 0 aromatic heterocycles. The number of hydrogen-bond donors (Lipinski definition) is 2. The standard InChI is InChI=1S/C16H21F2N3O/c17-14-4-1-5-15(18)13(14)10-21-6-2-3-12(9-21)20-16(22)11-7-19-8-11/h1,4-5,11-12,19H,2-3,6-10H2,(H,20,22). The lowest BCUT2D eigenvalue weighted by Crippen LogP contribution is -2.55. The first-order valence-corrected chi connectivity index (χ1v) is 7.80. The van der Waals surface area contributed by atoms with Gasteiger partial charge in [0.2, 0.25) is 5.91 Å². The van der Waals surface area contributed by atoms with Crippen molar-refractivity contribution in [2.24, 2.45) is 5.92 Å². The molecule has 0 radical (unpaired) electrons. The molecule has 0 bridgehead atoms. The van der Waals surface area contributed by atoms with E-state index in [1.165, 1.54) is 18.2 Å². The van der Waals surface area contributed by atoms with Gasteiger partial charge in [-0.25, -0.2) is 8.78 Å². The van der Waals surface area contributed by atoms with Gasteiger partial charge < -0.3 is 10.6 Å². The zero-order valence-corrected chi connectivity index (χ0v) is 12.4. The summed E-state index contributed by atoms with van der Waals surface area (Å²) < 4.78 is 27.5. The number of piperidine rings is 1. The Morgan fingerprint density at radius 2 is 2.05 bits per heavy atom. The highest BCUT2D eigenvalue weighted by Crippen LogP contribution is 2.18. The highest BCUT2D eigenvalue weighted by atomic mass is 19.1. The number of nitrogens with zero attached hydrogens (tertiary/aromatic N) is 1. The van der Waals surface area contributed by atoms with Gasteiger partial charge in [-0.15, -0.1) is 0 Å². The number of hydrogen-bond acceptors (Lipinski definition) is 3. The molecule has 2 fully saturated rings. The van der Waals surface area contributed by atoms with Crippen LogP contribution in [0.1, 0.15) is 18.4 Å². The van der Waals surface area contributed by atoms with Crippen molar-refractivity contribution in [1.29, 1.82) is 0 Å². The average Bonchev–Trinajstić information content (AvgIpc) is 2.41. The van der Waals surface area contributed by atoms with Gasteiger partial charge in [0, 0.05) is 37.8 Å². The van der Waals surface area contributed by atoms with Crippen LogP contribution in [-0.4, -0.2) is 43.0 Å². The molecule has 22 heavy (non-hydrogen) atoms. The predicted molar refractivity (Wildman–Crippen MR) is 79.2 cm³/mol. The smallest absolute Gasteiger partial charge is 0.225 e. The van der Waals surface area contributed by atoms with Crippen molar-refractivity contribution < 1.29 is 13.6 Å². The van der Waals surface area contributed by atoms with Crippen molar-refractivity contribution in [3.05, 3.63) is 35.4 Å². The third kappa shape index (κ3) is 3.44. The molecule has 2 heterocycles. The molecule has 120 valence electrons. The van der Waals surface area contributed by atoms with Gasteiger partial charge in [-0.3, -0.25) is 9.69 Å². The van der Waals surface area contributed by atoms with E-state index in [0.29, 0.717) is 6.54 Å². The molecule has 2 N–H and O–H groups in total. The molecule has 2 saturated heterocycles. The molecule has 4 nitrogen and oxygen atoms in total. The summed E-state index contributed by atoms with van der Waals surface area (Å²) in [5.74, 6) is -0.861. The first-order chi connectivity index (χ1) is 10.6. The van der Waals surface area contributed by atoms with E-state index >= 15 is 0 Å². The van der Waals surface area contributed by atoms with Crippen LogP contribution >= 0.6 is 0 Å². The first-order valence-electron chi connectivity index (χ1n) is 7.80. The summed E-state index contributed by atoms with van der Waals surface area (Å²) in [5, 5.41) is 6.14. The molecule has 3 rings (SSSR count). The number of likely N-dealkylation sites (tertiary alicyclic amines) is 1. The Bertz CT molecular complexity index is 528. The average molecular weight is 309 g/mol. The molecular weight excluding hydrogens is 288 g/mol. The predicted octanol–water partition coefficient (Wildman–Crippen LogP) is 1.26. The summed E-state index contributed by atoms with van der Waals surface area (Å²) in [5.41, 5.74) is 0.109. The quantitative estimate of drug-likeness (QED) is 0.880. The van der Waals surface area contributed by atoms with Gasteiger partial charge in [-0.05, 0) is 31.5 Å². The van der Waals surface area contributed by atoms with E-state index in [0.717, 1.165) is 32.5 Å². The fraction of sp³-hybridized carbons (Fsp3) is 0.562. The molecule has 1 aromatic carbocycles. The minimum Gasteiger partial charge on any atom is -0.352 e. The zero-order chi connectivity index (χ0) is 15.5. The summed E-state index contributed by atoms with van der Waals surface area (Å²) in [7, 11) is 0. The van der Waals surface area contributed by atoms with Gasteiger partial charge >= 0.3 is 0 Å². The maximum Gasteiger partial charge on any atom is 0.225 e. The van der Waals surface area contributed by atoms with Gasteiger partial charge in [-0.1, -0.05) is 6.07 Å². The van der Waals surface area contributed by atoms with Crippen molar-refractivity contribution in [1.82, 2.24) is 15.5 Å². The second-order valence-electron chi connectivity index (χ2n) is 6.14. The second kappa shape index (κ2) is 6.71. The van der Waals surface area contributed by atoms with Gasteiger partial charge in [-0.2, -0.15) is 0 Å². The Hall–Kier alpha value is -1.53. The van der Waals surface area contributed by atoms with Crippen LogP contribution in [0.2, 0.25) is 0 Å². The molecule has 2 aliphatic heterocycles. The molecule has 1 atom stereocenters. The number of amides is 1. The topological polar surface area (TPSA) is 44.4 Å². The Morgan fingerprint density at radius 1 is 1.32 bits per heavy atom. The number of rotatable bonds is 4. The van der Waals surface area contributed by atoms with Crippen LogP contribution in [0.15, 0.2) is 18.2 Å². The van der Waals surface area contributed by atoms with Crippen molar-refractivity contribution in [2.45, 2.75) is 25.4 Å². The van der Waals surface area contributed by atoms with Crippen LogP contribution in [0, 0.1) is 17.6 Å². The highest BCUT2D eigenvalue weighted by Gasteiger charge is 2.28. The maximum absolute atomic E-state index is 13.7. The molecule has 1 amide bonds. The SMILES string of the molecule is O=C(NC1CCCN(Cc2c(F)cccc2F)C1)C1CNC1. The van der Waals surface area contributed by atoms with Crippen LogP contribution in [0.4, 0.5) is 8.78 Å². The number of carbonyl (C=O) groups excluding carboxylic acids is 1. The largest absolute Gasteiger partial charge is 0.352 e. The van der Waals surface area contributed by atoms with Crippen LogP contribution in [0.25, 0.3) is 0 Å². The molecule has 1 unspecified atom stereocenters. The van der Waals surface area contributed by atoms with Crippen molar-refractivity contribution in [3.63, 3.8) is 0 Å². The van der Waals surface area contributed by atoms with Crippen LogP contribution < -0.4 is 10.6 Å². The first kappa shape index (κ1) is 15.4. The van der Waals surface area contributed by atoms with Crippen molar-refractivity contribution in [2.75, 3.05) is 26.2 Å². The van der Waals surface area contributed by atoms with Crippen LogP contribution in [0.5, 0.6) is 0 Å². The molecule has 1 aromatic rings. The third-order valence-electron chi connectivity index (χ3n) is 4.45. The van der Waals surface area contributed by atoms with Gasteiger partial charge in [0.25, 0.3) is 0 Å². The van der Waals surface area contributed by atoms with E-state index in [1.807, 2.05) is 4.90 Å². The third-order valence-corrected chi connectivity index (χ3v) is 4.45. The highest BCUT2D eigenvalue weighted by molar-refractivity contribution is 5.80. The second-order valence-corrected chi connectivity index (χ2v) is 6.14. The molecule has 0 saturated carbocycles. The lowest BCUT2D eigenvalue weighted by atomic mass is 10.00. The number of halogens is 2. The molecular formula is C16H21F2N3O. The van der Waals surface area contributed by atoms with Gasteiger partial charge in [0.15, 0.2) is 0 Å². The van der Waals surface area contributed by atoms with E-state index < -0.39 is 11.6 Å². The minimum absolute atomic E-state index is 0.0664. The Morgan fingerprint density at radius 3 is 2.68 bits per heavy atom. The monoisotopic (exact) mass is 309 g/mol. The maximum atomic E-state index is 13.7. The lowest BCUT2D eigenvalue weighted by molar-refractivity contribution is -0.127. The van der Waals surface area contributed by atoms with E-state index in [2.05, 4.69) is 10.6 Å². The van der Waals surface area contributed by atoms with Crippen LogP contribution in [-0.2, 0) is 11.3 Å². The molecule has 2 aliphatic rings. The number of nitrogens with one attached hydrogen (secondary N) is 2. The Kier molecular flexibility index (Phi) is 4.69. The van der Waals surface area contributed by atoms with E-state index in [4.69, 9.17) is 0 Å². The van der Waals surface area contributed by atoms with Crippen molar-refractivity contribution >= 4 is 5.91 Å².